The molecule has 100 valence electrons. The molecule has 2 rings (SSSR count). The molecule has 1 atom stereocenters. The molecule has 1 fully saturated rings. The van der Waals surface area contributed by atoms with E-state index in [0.29, 0.717) is 6.42 Å². The molecule has 1 saturated heterocycles. The highest BCUT2D eigenvalue weighted by molar-refractivity contribution is 5.79. The summed E-state index contributed by atoms with van der Waals surface area (Å²) >= 11 is 0. The lowest BCUT2D eigenvalue weighted by molar-refractivity contribution is -0.133. The molecule has 2 heterocycles. The van der Waals surface area contributed by atoms with Gasteiger partial charge in [0.2, 0.25) is 5.91 Å². The highest BCUT2D eigenvalue weighted by Gasteiger charge is 2.24. The molecule has 5 heteroatoms. The van der Waals surface area contributed by atoms with E-state index < -0.39 is 0 Å². The number of aromatic nitrogens is 2. The minimum atomic E-state index is 0.211. The molecule has 0 spiro atoms. The van der Waals surface area contributed by atoms with Crippen LogP contribution >= 0.6 is 0 Å². The molecule has 1 aliphatic rings. The van der Waals surface area contributed by atoms with Crippen molar-refractivity contribution in [3.63, 3.8) is 0 Å². The van der Waals surface area contributed by atoms with Crippen LogP contribution in [0.4, 0.5) is 0 Å². The summed E-state index contributed by atoms with van der Waals surface area (Å²) in [7, 11) is 1.92. The Morgan fingerprint density at radius 3 is 2.78 bits per heavy atom. The van der Waals surface area contributed by atoms with E-state index in [0.717, 1.165) is 36.6 Å². The molecule has 1 aromatic rings. The van der Waals surface area contributed by atoms with Crippen LogP contribution in [-0.4, -0.2) is 46.3 Å². The molecule has 5 nitrogen and oxygen atoms in total. The summed E-state index contributed by atoms with van der Waals surface area (Å²) in [5.74, 6) is 0.211. The predicted molar refractivity (Wildman–Crippen MR) is 70.4 cm³/mol. The molecule has 1 aliphatic heterocycles. The lowest BCUT2D eigenvalue weighted by Crippen LogP contribution is -2.52. The molecular weight excluding hydrogens is 228 g/mol. The van der Waals surface area contributed by atoms with E-state index in [9.17, 15) is 4.79 Å². The lowest BCUT2D eigenvalue weighted by Gasteiger charge is -2.34. The van der Waals surface area contributed by atoms with Crippen LogP contribution in [0.5, 0.6) is 0 Å². The highest BCUT2D eigenvalue weighted by Crippen LogP contribution is 2.15. The second-order valence-corrected chi connectivity index (χ2v) is 5.09. The normalized spacial score (nSPS) is 20.2. The van der Waals surface area contributed by atoms with Gasteiger partial charge in [-0.05, 0) is 20.8 Å². The molecule has 0 aromatic carbocycles. The van der Waals surface area contributed by atoms with Crippen molar-refractivity contribution in [2.45, 2.75) is 33.2 Å². The Morgan fingerprint density at radius 2 is 2.22 bits per heavy atom. The van der Waals surface area contributed by atoms with E-state index in [2.05, 4.69) is 17.3 Å². The van der Waals surface area contributed by atoms with E-state index in [1.165, 1.54) is 0 Å². The number of nitrogens with zero attached hydrogens (tertiary/aromatic N) is 3. The number of rotatable bonds is 2. The number of piperazine rings is 1. The zero-order valence-corrected chi connectivity index (χ0v) is 11.7. The Hall–Kier alpha value is -1.36. The van der Waals surface area contributed by atoms with Gasteiger partial charge in [-0.25, -0.2) is 0 Å². The summed E-state index contributed by atoms with van der Waals surface area (Å²) in [4.78, 5) is 14.3. The molecule has 0 aliphatic carbocycles. The van der Waals surface area contributed by atoms with Gasteiger partial charge < -0.3 is 10.2 Å². The van der Waals surface area contributed by atoms with E-state index >= 15 is 0 Å². The van der Waals surface area contributed by atoms with E-state index in [4.69, 9.17) is 0 Å². The monoisotopic (exact) mass is 250 g/mol. The first-order valence-corrected chi connectivity index (χ1v) is 6.50. The van der Waals surface area contributed by atoms with Gasteiger partial charge in [-0.2, -0.15) is 5.10 Å². The first kappa shape index (κ1) is 13.1. The van der Waals surface area contributed by atoms with Gasteiger partial charge in [-0.1, -0.05) is 0 Å². The first-order valence-electron chi connectivity index (χ1n) is 6.50. The maximum Gasteiger partial charge on any atom is 0.227 e. The molecule has 18 heavy (non-hydrogen) atoms. The van der Waals surface area contributed by atoms with Gasteiger partial charge in [0.25, 0.3) is 0 Å². The van der Waals surface area contributed by atoms with E-state index in [-0.39, 0.29) is 11.9 Å². The molecule has 1 unspecified atom stereocenters. The van der Waals surface area contributed by atoms with Gasteiger partial charge in [0, 0.05) is 44.0 Å². The Bertz CT molecular complexity index is 452. The third-order valence-electron chi connectivity index (χ3n) is 3.81. The van der Waals surface area contributed by atoms with Crippen LogP contribution < -0.4 is 5.32 Å². The molecule has 0 saturated carbocycles. The number of amides is 1. The maximum atomic E-state index is 12.4. The number of carbonyl (C=O) groups excluding carboxylic acids is 1. The Labute approximate surface area is 108 Å². The lowest BCUT2D eigenvalue weighted by atomic mass is 10.1. The molecular formula is C13H22N4O. The van der Waals surface area contributed by atoms with Crippen molar-refractivity contribution >= 4 is 5.91 Å². The fourth-order valence-electron chi connectivity index (χ4n) is 2.54. The summed E-state index contributed by atoms with van der Waals surface area (Å²) in [5.41, 5.74) is 3.13. The second kappa shape index (κ2) is 5.10. The average molecular weight is 250 g/mol. The molecule has 1 aromatic heterocycles. The van der Waals surface area contributed by atoms with Crippen LogP contribution in [0.25, 0.3) is 0 Å². The zero-order valence-electron chi connectivity index (χ0n) is 11.7. The van der Waals surface area contributed by atoms with E-state index in [1.54, 1.807) is 0 Å². The van der Waals surface area contributed by atoms with Crippen LogP contribution in [0.1, 0.15) is 23.9 Å². The second-order valence-electron chi connectivity index (χ2n) is 5.09. The Balaban J connectivity index is 2.11. The Kier molecular flexibility index (Phi) is 3.71. The number of hydrogen-bond acceptors (Lipinski definition) is 3. The minimum absolute atomic E-state index is 0.211. The fraction of sp³-hybridized carbons (Fsp3) is 0.692. The summed E-state index contributed by atoms with van der Waals surface area (Å²) < 4.78 is 1.85. The van der Waals surface area contributed by atoms with Crippen LogP contribution in [0.15, 0.2) is 0 Å². The Morgan fingerprint density at radius 1 is 1.50 bits per heavy atom. The van der Waals surface area contributed by atoms with Crippen molar-refractivity contribution in [3.8, 4) is 0 Å². The van der Waals surface area contributed by atoms with Crippen molar-refractivity contribution in [2.24, 2.45) is 7.05 Å². The number of nitrogens with one attached hydrogen (secondary N) is 1. The predicted octanol–water partition coefficient (Wildman–Crippen LogP) is 0.400. The van der Waals surface area contributed by atoms with E-state index in [1.807, 2.05) is 30.5 Å². The maximum absolute atomic E-state index is 12.4. The van der Waals surface area contributed by atoms with Crippen molar-refractivity contribution in [3.05, 3.63) is 17.0 Å². The molecule has 0 radical (unpaired) electrons. The van der Waals surface area contributed by atoms with Crippen LogP contribution in [0.3, 0.4) is 0 Å². The summed E-state index contributed by atoms with van der Waals surface area (Å²) in [6.45, 7) is 8.66. The van der Waals surface area contributed by atoms with Crippen molar-refractivity contribution < 1.29 is 4.79 Å². The van der Waals surface area contributed by atoms with Gasteiger partial charge in [-0.3, -0.25) is 9.48 Å². The number of aryl methyl sites for hydroxylation is 2. The first-order chi connectivity index (χ1) is 8.50. The number of hydrogen-bond donors (Lipinski definition) is 1. The van der Waals surface area contributed by atoms with Gasteiger partial charge in [0.1, 0.15) is 0 Å². The SMILES string of the molecule is Cc1nn(C)c(C)c1CC(=O)N1CCNCC1C. The number of carbonyl (C=O) groups is 1. The van der Waals surface area contributed by atoms with Crippen LogP contribution in [0, 0.1) is 13.8 Å². The van der Waals surface area contributed by atoms with Gasteiger partial charge in [0.15, 0.2) is 0 Å². The summed E-state index contributed by atoms with van der Waals surface area (Å²) in [5, 5.41) is 7.66. The fourth-order valence-corrected chi connectivity index (χ4v) is 2.54. The third-order valence-corrected chi connectivity index (χ3v) is 3.81. The van der Waals surface area contributed by atoms with Crippen molar-refractivity contribution in [1.82, 2.24) is 20.0 Å². The minimum Gasteiger partial charge on any atom is -0.337 e. The zero-order chi connectivity index (χ0) is 13.3. The van der Waals surface area contributed by atoms with Crippen molar-refractivity contribution in [2.75, 3.05) is 19.6 Å². The summed E-state index contributed by atoms with van der Waals surface area (Å²) in [6, 6.07) is 0.281. The summed E-state index contributed by atoms with van der Waals surface area (Å²) in [6.07, 6.45) is 0.468. The van der Waals surface area contributed by atoms with Crippen molar-refractivity contribution in [1.29, 1.82) is 0 Å². The smallest absolute Gasteiger partial charge is 0.227 e. The molecule has 1 N–H and O–H groups in total. The quantitative estimate of drug-likeness (QED) is 0.826. The van der Waals surface area contributed by atoms with Crippen LogP contribution in [0.2, 0.25) is 0 Å². The highest BCUT2D eigenvalue weighted by atomic mass is 16.2. The molecule has 1 amide bonds. The average Bonchev–Trinajstić information content (AvgIpc) is 2.56. The van der Waals surface area contributed by atoms with Gasteiger partial charge in [0.05, 0.1) is 12.1 Å². The largest absolute Gasteiger partial charge is 0.337 e. The van der Waals surface area contributed by atoms with Gasteiger partial charge in [-0.15, -0.1) is 0 Å². The van der Waals surface area contributed by atoms with Gasteiger partial charge >= 0.3 is 0 Å². The molecule has 0 bridgehead atoms. The standard InChI is InChI=1S/C13H22N4O/c1-9-8-14-5-6-17(9)13(18)7-12-10(2)15-16(4)11(12)3/h9,14H,5-8H2,1-4H3. The van der Waals surface area contributed by atoms with Crippen LogP contribution in [-0.2, 0) is 18.3 Å². The topological polar surface area (TPSA) is 50.2 Å². The third kappa shape index (κ3) is 2.41.